The summed E-state index contributed by atoms with van der Waals surface area (Å²) in [5, 5.41) is 15.2. The van der Waals surface area contributed by atoms with Crippen molar-refractivity contribution < 1.29 is 9.59 Å². The van der Waals surface area contributed by atoms with Gasteiger partial charge in [-0.25, -0.2) is 0 Å². The first-order chi connectivity index (χ1) is 12.2. The van der Waals surface area contributed by atoms with Crippen molar-refractivity contribution in [3.63, 3.8) is 0 Å². The number of amides is 2. The quantitative estimate of drug-likeness (QED) is 0.732. The normalized spacial score (nSPS) is 11.5. The molecule has 0 aliphatic carbocycles. The second kappa shape index (κ2) is 8.64. The minimum absolute atomic E-state index is 0.0563. The highest BCUT2D eigenvalue weighted by molar-refractivity contribution is 8.00. The summed E-state index contributed by atoms with van der Waals surface area (Å²) in [6.07, 6.45) is 0. The molecule has 8 heteroatoms. The van der Waals surface area contributed by atoms with Crippen LogP contribution in [0.5, 0.6) is 0 Å². The van der Waals surface area contributed by atoms with Crippen molar-refractivity contribution in [2.75, 3.05) is 11.1 Å². The molecule has 6 nitrogen and oxygen atoms in total. The van der Waals surface area contributed by atoms with E-state index >= 15 is 0 Å². The lowest BCUT2D eigenvalue weighted by molar-refractivity contribution is -0.119. The van der Waals surface area contributed by atoms with Crippen LogP contribution in [0.2, 0.25) is 0 Å². The summed E-state index contributed by atoms with van der Waals surface area (Å²) < 4.78 is 0. The Morgan fingerprint density at radius 1 is 1.19 bits per heavy atom. The molecular weight excluding hydrogens is 368 g/mol. The number of hydrogen-bond acceptors (Lipinski definition) is 6. The standard InChI is InChI=1S/C18H24N4O2S2/c1-11(2)19-14(23)10-25-13-9-7-6-8-12(13)15(24)20-17-22-21-16(26-17)18(3,4)5/h6-9,11H,10H2,1-5H3,(H,19,23)(H,20,22,24). The molecule has 2 amide bonds. The van der Waals surface area contributed by atoms with Gasteiger partial charge in [-0.15, -0.1) is 22.0 Å². The van der Waals surface area contributed by atoms with E-state index in [1.165, 1.54) is 23.1 Å². The third-order valence-corrected chi connectivity index (χ3v) is 5.57. The van der Waals surface area contributed by atoms with E-state index in [0.29, 0.717) is 10.7 Å². The maximum absolute atomic E-state index is 12.6. The highest BCUT2D eigenvalue weighted by atomic mass is 32.2. The Labute approximate surface area is 162 Å². The molecule has 2 rings (SSSR count). The fourth-order valence-electron chi connectivity index (χ4n) is 2.03. The number of nitrogens with one attached hydrogen (secondary N) is 2. The molecule has 26 heavy (non-hydrogen) atoms. The van der Waals surface area contributed by atoms with E-state index in [-0.39, 0.29) is 29.0 Å². The Morgan fingerprint density at radius 3 is 2.50 bits per heavy atom. The van der Waals surface area contributed by atoms with Gasteiger partial charge >= 0.3 is 0 Å². The van der Waals surface area contributed by atoms with E-state index in [2.05, 4.69) is 20.8 Å². The average molecular weight is 393 g/mol. The maximum atomic E-state index is 12.6. The molecule has 2 aromatic rings. The predicted octanol–water partition coefficient (Wildman–Crippen LogP) is 3.70. The fourth-order valence-corrected chi connectivity index (χ4v) is 3.69. The van der Waals surface area contributed by atoms with Crippen LogP contribution in [0, 0.1) is 0 Å². The van der Waals surface area contributed by atoms with Crippen LogP contribution in [-0.2, 0) is 10.2 Å². The summed E-state index contributed by atoms with van der Waals surface area (Å²) in [5.41, 5.74) is 0.403. The topological polar surface area (TPSA) is 84.0 Å². The molecule has 0 fully saturated rings. The van der Waals surface area contributed by atoms with Gasteiger partial charge in [0.25, 0.3) is 5.91 Å². The highest BCUT2D eigenvalue weighted by Crippen LogP contribution is 2.29. The molecular formula is C18H24N4O2S2. The number of nitrogens with zero attached hydrogens (tertiary/aromatic N) is 2. The van der Waals surface area contributed by atoms with Crippen LogP contribution in [0.25, 0.3) is 0 Å². The largest absolute Gasteiger partial charge is 0.353 e. The summed E-state index contributed by atoms with van der Waals surface area (Å²) in [5.74, 6) is -0.0525. The molecule has 1 aromatic carbocycles. The minimum atomic E-state index is -0.256. The first-order valence-corrected chi connectivity index (χ1v) is 10.1. The van der Waals surface area contributed by atoms with E-state index in [1.54, 1.807) is 12.1 Å². The zero-order valence-electron chi connectivity index (χ0n) is 15.6. The van der Waals surface area contributed by atoms with Crippen LogP contribution in [0.4, 0.5) is 5.13 Å². The van der Waals surface area contributed by atoms with Crippen LogP contribution in [0.3, 0.4) is 0 Å². The zero-order chi connectivity index (χ0) is 19.3. The zero-order valence-corrected chi connectivity index (χ0v) is 17.3. The number of anilines is 1. The van der Waals surface area contributed by atoms with Gasteiger partial charge in [0.1, 0.15) is 5.01 Å². The van der Waals surface area contributed by atoms with E-state index in [0.717, 1.165) is 9.90 Å². The van der Waals surface area contributed by atoms with Crippen molar-refractivity contribution in [1.29, 1.82) is 0 Å². The third-order valence-electron chi connectivity index (χ3n) is 3.23. The van der Waals surface area contributed by atoms with Gasteiger partial charge in [-0.3, -0.25) is 14.9 Å². The van der Waals surface area contributed by atoms with E-state index in [1.807, 2.05) is 46.8 Å². The Kier molecular flexibility index (Phi) is 6.77. The van der Waals surface area contributed by atoms with E-state index < -0.39 is 0 Å². The van der Waals surface area contributed by atoms with E-state index in [4.69, 9.17) is 0 Å². The minimum Gasteiger partial charge on any atom is -0.353 e. The number of hydrogen-bond donors (Lipinski definition) is 2. The molecule has 0 saturated carbocycles. The van der Waals surface area contributed by atoms with Gasteiger partial charge in [-0.1, -0.05) is 44.2 Å². The number of aromatic nitrogens is 2. The van der Waals surface area contributed by atoms with Crippen LogP contribution >= 0.6 is 23.1 Å². The third kappa shape index (κ3) is 5.81. The second-order valence-electron chi connectivity index (χ2n) is 7.12. The number of rotatable bonds is 6. The lowest BCUT2D eigenvalue weighted by atomic mass is 9.98. The molecule has 2 N–H and O–H groups in total. The fraction of sp³-hybridized carbons (Fsp3) is 0.444. The second-order valence-corrected chi connectivity index (χ2v) is 9.12. The Morgan fingerprint density at radius 2 is 1.88 bits per heavy atom. The molecule has 1 aromatic heterocycles. The van der Waals surface area contributed by atoms with Crippen LogP contribution < -0.4 is 10.6 Å². The molecule has 1 heterocycles. The summed E-state index contributed by atoms with van der Waals surface area (Å²) in [6, 6.07) is 7.32. The highest BCUT2D eigenvalue weighted by Gasteiger charge is 2.21. The smallest absolute Gasteiger partial charge is 0.258 e. The molecule has 0 radical (unpaired) electrons. The van der Waals surface area contributed by atoms with Gasteiger partial charge in [0, 0.05) is 16.4 Å². The van der Waals surface area contributed by atoms with Gasteiger partial charge < -0.3 is 5.32 Å². The van der Waals surface area contributed by atoms with Gasteiger partial charge in [0.2, 0.25) is 11.0 Å². The van der Waals surface area contributed by atoms with Gasteiger partial charge in [-0.2, -0.15) is 0 Å². The number of benzene rings is 1. The van der Waals surface area contributed by atoms with Crippen LogP contribution in [0.1, 0.15) is 50.0 Å². The van der Waals surface area contributed by atoms with Crippen molar-refractivity contribution in [2.45, 2.75) is 51.0 Å². The molecule has 0 bridgehead atoms. The summed E-state index contributed by atoms with van der Waals surface area (Å²) in [4.78, 5) is 25.2. The molecule has 0 spiro atoms. The van der Waals surface area contributed by atoms with Crippen LogP contribution in [-0.4, -0.2) is 33.8 Å². The molecule has 140 valence electrons. The maximum Gasteiger partial charge on any atom is 0.258 e. The van der Waals surface area contributed by atoms with Crippen molar-refractivity contribution in [3.8, 4) is 0 Å². The van der Waals surface area contributed by atoms with Crippen molar-refractivity contribution >= 4 is 40.0 Å². The summed E-state index contributed by atoms with van der Waals surface area (Å²) in [6.45, 7) is 9.98. The van der Waals surface area contributed by atoms with Crippen molar-refractivity contribution in [3.05, 3.63) is 34.8 Å². The average Bonchev–Trinajstić information content (AvgIpc) is 3.01. The van der Waals surface area contributed by atoms with Crippen molar-refractivity contribution in [1.82, 2.24) is 15.5 Å². The first-order valence-electron chi connectivity index (χ1n) is 8.33. The number of carbonyl (C=O) groups excluding carboxylic acids is 2. The Hall–Kier alpha value is -1.93. The number of thioether (sulfide) groups is 1. The predicted molar refractivity (Wildman–Crippen MR) is 107 cm³/mol. The first kappa shape index (κ1) is 20.4. The van der Waals surface area contributed by atoms with Gasteiger partial charge in [0.05, 0.1) is 11.3 Å². The lowest BCUT2D eigenvalue weighted by Gasteiger charge is -2.12. The Bertz CT molecular complexity index is 781. The Balaban J connectivity index is 2.07. The monoisotopic (exact) mass is 392 g/mol. The molecule has 0 saturated heterocycles. The SMILES string of the molecule is CC(C)NC(=O)CSc1ccccc1C(=O)Nc1nnc(C(C)(C)C)s1. The van der Waals surface area contributed by atoms with Gasteiger partial charge in [0.15, 0.2) is 0 Å². The van der Waals surface area contributed by atoms with E-state index in [9.17, 15) is 9.59 Å². The molecule has 0 atom stereocenters. The van der Waals surface area contributed by atoms with Crippen molar-refractivity contribution in [2.24, 2.45) is 0 Å². The molecule has 0 aliphatic rings. The van der Waals surface area contributed by atoms with Gasteiger partial charge in [-0.05, 0) is 26.0 Å². The van der Waals surface area contributed by atoms with Crippen LogP contribution in [0.15, 0.2) is 29.2 Å². The summed E-state index contributed by atoms with van der Waals surface area (Å²) in [7, 11) is 0. The summed E-state index contributed by atoms with van der Waals surface area (Å²) >= 11 is 2.71. The lowest BCUT2D eigenvalue weighted by Crippen LogP contribution is -2.31. The number of carbonyl (C=O) groups is 2. The molecule has 0 aliphatic heterocycles. The molecule has 0 unspecified atom stereocenters.